The van der Waals surface area contributed by atoms with Gasteiger partial charge >= 0.3 is 6.09 Å². The minimum Gasteiger partial charge on any atom is -0.446 e. The summed E-state index contributed by atoms with van der Waals surface area (Å²) in [5, 5.41) is 2.24. The first-order valence-corrected chi connectivity index (χ1v) is 5.71. The van der Waals surface area contributed by atoms with Crippen LogP contribution in [0.2, 0.25) is 0 Å². The van der Waals surface area contributed by atoms with Crippen LogP contribution in [0.3, 0.4) is 0 Å². The molecule has 0 aromatic heterocycles. The van der Waals surface area contributed by atoms with Crippen molar-refractivity contribution < 1.29 is 18.3 Å². The van der Waals surface area contributed by atoms with E-state index in [-0.39, 0.29) is 11.8 Å². The first kappa shape index (κ1) is 12.8. The van der Waals surface area contributed by atoms with E-state index in [9.17, 15) is 13.6 Å². The number of carbonyl (C=O) groups is 1. The highest BCUT2D eigenvalue weighted by atomic mass is 19.1. The summed E-state index contributed by atoms with van der Waals surface area (Å²) >= 11 is 0. The van der Waals surface area contributed by atoms with Crippen molar-refractivity contribution in [3.05, 3.63) is 29.8 Å². The molecule has 0 saturated heterocycles. The van der Waals surface area contributed by atoms with Crippen molar-refractivity contribution in [1.82, 2.24) is 0 Å². The molecule has 0 bridgehead atoms. The van der Waals surface area contributed by atoms with Crippen molar-refractivity contribution in [3.63, 3.8) is 0 Å². The van der Waals surface area contributed by atoms with Crippen LogP contribution in [0.4, 0.5) is 19.3 Å². The number of nitrogens with one attached hydrogen (secondary N) is 1. The summed E-state index contributed by atoms with van der Waals surface area (Å²) < 4.78 is 30.9. The third kappa shape index (κ3) is 2.95. The van der Waals surface area contributed by atoms with Gasteiger partial charge in [-0.3, -0.25) is 5.32 Å². The van der Waals surface area contributed by atoms with E-state index in [0.717, 1.165) is 25.0 Å². The van der Waals surface area contributed by atoms with Gasteiger partial charge in [-0.05, 0) is 37.4 Å². The second kappa shape index (κ2) is 5.30. The molecule has 18 heavy (non-hydrogen) atoms. The second-order valence-electron chi connectivity index (χ2n) is 4.35. The number of hydrogen-bond acceptors (Lipinski definition) is 3. The zero-order valence-corrected chi connectivity index (χ0v) is 9.66. The highest BCUT2D eigenvalue weighted by Crippen LogP contribution is 2.29. The fourth-order valence-electron chi connectivity index (χ4n) is 1.84. The van der Waals surface area contributed by atoms with E-state index in [1.165, 1.54) is 0 Å². The van der Waals surface area contributed by atoms with E-state index in [1.54, 1.807) is 0 Å². The highest BCUT2D eigenvalue weighted by Gasteiger charge is 2.31. The zero-order chi connectivity index (χ0) is 13.1. The molecule has 0 heterocycles. The number of ether oxygens (including phenoxy) is 1. The van der Waals surface area contributed by atoms with Crippen molar-refractivity contribution in [2.45, 2.75) is 18.9 Å². The van der Waals surface area contributed by atoms with Gasteiger partial charge in [-0.25, -0.2) is 13.6 Å². The molecule has 1 amide bonds. The number of amides is 1. The first-order valence-electron chi connectivity index (χ1n) is 5.71. The Balaban J connectivity index is 1.84. The van der Waals surface area contributed by atoms with Gasteiger partial charge in [-0.15, -0.1) is 0 Å². The summed E-state index contributed by atoms with van der Waals surface area (Å²) in [5.74, 6) is -1.14. The maximum absolute atomic E-state index is 13.2. The lowest BCUT2D eigenvalue weighted by Crippen LogP contribution is -2.38. The molecule has 1 saturated carbocycles. The molecule has 0 spiro atoms. The molecule has 1 aromatic rings. The summed E-state index contributed by atoms with van der Waals surface area (Å²) in [6.45, 7) is 0.577. The number of carbonyl (C=O) groups excluding carboxylic acids is 1. The fourth-order valence-corrected chi connectivity index (χ4v) is 1.84. The van der Waals surface area contributed by atoms with Crippen LogP contribution >= 0.6 is 0 Å². The van der Waals surface area contributed by atoms with Crippen LogP contribution in [0.15, 0.2) is 18.2 Å². The van der Waals surface area contributed by atoms with Gasteiger partial charge < -0.3 is 10.5 Å². The van der Waals surface area contributed by atoms with Gasteiger partial charge in [0.2, 0.25) is 0 Å². The molecule has 0 radical (unpaired) electrons. The maximum atomic E-state index is 13.2. The van der Waals surface area contributed by atoms with Crippen LogP contribution in [0.25, 0.3) is 0 Å². The maximum Gasteiger partial charge on any atom is 0.411 e. The SMILES string of the molecule is NCC1CC(OC(=O)Nc2ccc(F)cc2F)C1. The van der Waals surface area contributed by atoms with Crippen molar-refractivity contribution in [2.24, 2.45) is 11.7 Å². The average molecular weight is 256 g/mol. The number of nitrogens with two attached hydrogens (primary N) is 1. The van der Waals surface area contributed by atoms with Crippen LogP contribution in [0, 0.1) is 17.6 Å². The smallest absolute Gasteiger partial charge is 0.411 e. The molecule has 6 heteroatoms. The molecular formula is C12H14F2N2O2. The van der Waals surface area contributed by atoms with Gasteiger partial charge in [0.25, 0.3) is 0 Å². The fraction of sp³-hybridized carbons (Fsp3) is 0.417. The quantitative estimate of drug-likeness (QED) is 0.871. The van der Waals surface area contributed by atoms with Gasteiger partial charge in [0.05, 0.1) is 5.69 Å². The van der Waals surface area contributed by atoms with E-state index >= 15 is 0 Å². The average Bonchev–Trinajstić information content (AvgIpc) is 2.27. The summed E-state index contributed by atoms with van der Waals surface area (Å²) in [7, 11) is 0. The lowest BCUT2D eigenvalue weighted by Gasteiger charge is -2.33. The third-order valence-corrected chi connectivity index (χ3v) is 2.97. The van der Waals surface area contributed by atoms with Crippen molar-refractivity contribution >= 4 is 11.8 Å². The molecule has 1 aliphatic rings. The van der Waals surface area contributed by atoms with Crippen LogP contribution < -0.4 is 11.1 Å². The van der Waals surface area contributed by atoms with Crippen LogP contribution in [0.5, 0.6) is 0 Å². The largest absolute Gasteiger partial charge is 0.446 e. The number of halogens is 2. The Labute approximate surface area is 103 Å². The molecule has 1 aromatic carbocycles. The summed E-state index contributed by atoms with van der Waals surface area (Å²) in [6.07, 6.45) is 0.564. The van der Waals surface area contributed by atoms with Crippen LogP contribution in [0.1, 0.15) is 12.8 Å². The standard InChI is InChI=1S/C12H14F2N2O2/c13-8-1-2-11(10(14)5-8)16-12(17)18-9-3-7(4-9)6-15/h1-2,5,7,9H,3-4,6,15H2,(H,16,17). The topological polar surface area (TPSA) is 64.3 Å². The highest BCUT2D eigenvalue weighted by molar-refractivity contribution is 5.84. The number of hydrogen-bond donors (Lipinski definition) is 2. The second-order valence-corrected chi connectivity index (χ2v) is 4.35. The zero-order valence-electron chi connectivity index (χ0n) is 9.66. The van der Waals surface area contributed by atoms with Gasteiger partial charge in [-0.1, -0.05) is 0 Å². The molecule has 0 unspecified atom stereocenters. The predicted molar refractivity (Wildman–Crippen MR) is 62.0 cm³/mol. The van der Waals surface area contributed by atoms with E-state index < -0.39 is 17.7 Å². The first-order chi connectivity index (χ1) is 8.58. The minimum absolute atomic E-state index is 0.101. The lowest BCUT2D eigenvalue weighted by molar-refractivity contribution is 0.0278. The van der Waals surface area contributed by atoms with E-state index in [1.807, 2.05) is 0 Å². The molecule has 2 rings (SSSR count). The van der Waals surface area contributed by atoms with Crippen LogP contribution in [-0.2, 0) is 4.74 Å². The van der Waals surface area contributed by atoms with E-state index in [4.69, 9.17) is 10.5 Å². The van der Waals surface area contributed by atoms with Crippen molar-refractivity contribution in [3.8, 4) is 0 Å². The van der Waals surface area contributed by atoms with Crippen LogP contribution in [-0.4, -0.2) is 18.7 Å². The van der Waals surface area contributed by atoms with E-state index in [0.29, 0.717) is 18.5 Å². The Morgan fingerprint density at radius 2 is 2.17 bits per heavy atom. The van der Waals surface area contributed by atoms with Gasteiger partial charge in [-0.2, -0.15) is 0 Å². The molecular weight excluding hydrogens is 242 g/mol. The molecule has 0 atom stereocenters. The molecule has 1 aliphatic carbocycles. The summed E-state index contributed by atoms with van der Waals surface area (Å²) in [6, 6.07) is 2.91. The summed E-state index contributed by atoms with van der Waals surface area (Å²) in [4.78, 5) is 11.4. The molecule has 4 nitrogen and oxygen atoms in total. The normalized spacial score (nSPS) is 22.2. The lowest BCUT2D eigenvalue weighted by atomic mass is 9.82. The van der Waals surface area contributed by atoms with Crippen molar-refractivity contribution in [2.75, 3.05) is 11.9 Å². The number of benzene rings is 1. The Morgan fingerprint density at radius 3 is 2.78 bits per heavy atom. The molecule has 1 fully saturated rings. The monoisotopic (exact) mass is 256 g/mol. The Kier molecular flexibility index (Phi) is 3.76. The third-order valence-electron chi connectivity index (χ3n) is 2.97. The van der Waals surface area contributed by atoms with Crippen molar-refractivity contribution in [1.29, 1.82) is 0 Å². The molecule has 3 N–H and O–H groups in total. The Morgan fingerprint density at radius 1 is 1.44 bits per heavy atom. The Hall–Kier alpha value is -1.69. The van der Waals surface area contributed by atoms with Gasteiger partial charge in [0.1, 0.15) is 17.7 Å². The number of rotatable bonds is 3. The molecule has 0 aliphatic heterocycles. The Bertz CT molecular complexity index is 448. The molecule has 98 valence electrons. The summed E-state index contributed by atoms with van der Waals surface area (Å²) in [5.41, 5.74) is 5.34. The minimum atomic E-state index is -0.833. The predicted octanol–water partition coefficient (Wildman–Crippen LogP) is 2.25. The van der Waals surface area contributed by atoms with E-state index in [2.05, 4.69) is 5.32 Å². The van der Waals surface area contributed by atoms with Gasteiger partial charge in [0.15, 0.2) is 0 Å². The number of anilines is 1. The van der Waals surface area contributed by atoms with Gasteiger partial charge in [0, 0.05) is 6.07 Å².